The molecule has 1 rings (SSSR count). The average Bonchev–Trinajstić information content (AvgIpc) is 2.05. The highest BCUT2D eigenvalue weighted by Crippen LogP contribution is 2.22. The van der Waals surface area contributed by atoms with E-state index in [0.29, 0.717) is 5.56 Å². The quantitative estimate of drug-likeness (QED) is 0.375. The van der Waals surface area contributed by atoms with Crippen LogP contribution in [-0.4, -0.2) is 16.8 Å². The van der Waals surface area contributed by atoms with Gasteiger partial charge in [-0.25, -0.2) is 0 Å². The van der Waals surface area contributed by atoms with Gasteiger partial charge in [0.05, 0.1) is 6.10 Å². The summed E-state index contributed by atoms with van der Waals surface area (Å²) in [5.74, 6) is 5.11. The summed E-state index contributed by atoms with van der Waals surface area (Å²) >= 11 is 0. The Morgan fingerprint density at radius 3 is 2.67 bits per heavy atom. The van der Waals surface area contributed by atoms with Crippen molar-refractivity contribution in [3.05, 3.63) is 29.8 Å². The zero-order valence-electron chi connectivity index (χ0n) is 6.57. The van der Waals surface area contributed by atoms with E-state index in [1.54, 1.807) is 18.2 Å². The van der Waals surface area contributed by atoms with E-state index in [0.717, 1.165) is 0 Å². The Morgan fingerprint density at radius 2 is 2.08 bits per heavy atom. The van der Waals surface area contributed by atoms with E-state index in [2.05, 4.69) is 5.43 Å². The number of benzene rings is 1. The van der Waals surface area contributed by atoms with Gasteiger partial charge in [-0.3, -0.25) is 11.3 Å². The summed E-state index contributed by atoms with van der Waals surface area (Å²) in [5.41, 5.74) is 2.81. The van der Waals surface area contributed by atoms with Crippen molar-refractivity contribution in [2.75, 3.05) is 6.54 Å². The molecule has 0 aromatic heterocycles. The third kappa shape index (κ3) is 1.94. The summed E-state index contributed by atoms with van der Waals surface area (Å²) in [4.78, 5) is 0. The molecule has 12 heavy (non-hydrogen) atoms. The second kappa shape index (κ2) is 4.06. The lowest BCUT2D eigenvalue weighted by molar-refractivity contribution is 0.171. The predicted octanol–water partition coefficient (Wildman–Crippen LogP) is -0.111. The average molecular weight is 168 g/mol. The highest BCUT2D eigenvalue weighted by molar-refractivity contribution is 5.33. The minimum atomic E-state index is -0.767. The van der Waals surface area contributed by atoms with Crippen molar-refractivity contribution in [3.8, 4) is 5.75 Å². The normalized spacial score (nSPS) is 12.8. The van der Waals surface area contributed by atoms with Gasteiger partial charge in [0.1, 0.15) is 5.75 Å². The number of hydrogen-bond donors (Lipinski definition) is 4. The molecule has 4 nitrogen and oxygen atoms in total. The molecule has 1 aromatic carbocycles. The zero-order chi connectivity index (χ0) is 8.97. The minimum Gasteiger partial charge on any atom is -0.508 e. The monoisotopic (exact) mass is 168 g/mol. The molecule has 0 aliphatic heterocycles. The lowest BCUT2D eigenvalue weighted by Gasteiger charge is -2.10. The van der Waals surface area contributed by atoms with Crippen LogP contribution in [0.15, 0.2) is 24.3 Å². The summed E-state index contributed by atoms with van der Waals surface area (Å²) < 4.78 is 0. The van der Waals surface area contributed by atoms with E-state index in [1.165, 1.54) is 6.07 Å². The maximum Gasteiger partial charge on any atom is 0.121 e. The van der Waals surface area contributed by atoms with E-state index < -0.39 is 6.10 Å². The Bertz CT molecular complexity index is 253. The lowest BCUT2D eigenvalue weighted by atomic mass is 10.1. The van der Waals surface area contributed by atoms with Crippen LogP contribution in [0.3, 0.4) is 0 Å². The molecule has 0 saturated carbocycles. The Morgan fingerprint density at radius 1 is 1.42 bits per heavy atom. The number of aromatic hydroxyl groups is 1. The number of para-hydroxylation sites is 1. The van der Waals surface area contributed by atoms with Gasteiger partial charge in [0, 0.05) is 12.1 Å². The predicted molar refractivity (Wildman–Crippen MR) is 45.3 cm³/mol. The molecule has 0 spiro atoms. The van der Waals surface area contributed by atoms with Crippen molar-refractivity contribution in [3.63, 3.8) is 0 Å². The van der Waals surface area contributed by atoms with Crippen LogP contribution in [0.1, 0.15) is 11.7 Å². The van der Waals surface area contributed by atoms with E-state index in [-0.39, 0.29) is 12.3 Å². The number of nitrogens with one attached hydrogen (secondary N) is 1. The molecule has 0 amide bonds. The third-order valence-corrected chi connectivity index (χ3v) is 1.61. The summed E-state index contributed by atoms with van der Waals surface area (Å²) in [5, 5.41) is 18.7. The summed E-state index contributed by atoms with van der Waals surface area (Å²) in [7, 11) is 0. The number of rotatable bonds is 3. The Labute approximate surface area is 70.6 Å². The Hall–Kier alpha value is -1.10. The van der Waals surface area contributed by atoms with Crippen molar-refractivity contribution in [2.45, 2.75) is 6.10 Å². The highest BCUT2D eigenvalue weighted by Gasteiger charge is 2.09. The molecule has 0 heterocycles. The SMILES string of the molecule is NNCC(O)c1ccccc1O. The maximum absolute atomic E-state index is 9.40. The highest BCUT2D eigenvalue weighted by atomic mass is 16.3. The van der Waals surface area contributed by atoms with E-state index >= 15 is 0 Å². The molecule has 0 aliphatic rings. The van der Waals surface area contributed by atoms with Crippen molar-refractivity contribution in [1.29, 1.82) is 0 Å². The molecule has 5 N–H and O–H groups in total. The van der Waals surface area contributed by atoms with Crippen LogP contribution in [0.4, 0.5) is 0 Å². The molecule has 0 fully saturated rings. The van der Waals surface area contributed by atoms with Crippen molar-refractivity contribution in [1.82, 2.24) is 5.43 Å². The van der Waals surface area contributed by atoms with Gasteiger partial charge in [-0.15, -0.1) is 0 Å². The first-order valence-corrected chi connectivity index (χ1v) is 3.65. The first-order chi connectivity index (χ1) is 5.75. The van der Waals surface area contributed by atoms with Crippen molar-refractivity contribution in [2.24, 2.45) is 5.84 Å². The van der Waals surface area contributed by atoms with Gasteiger partial charge in [-0.05, 0) is 6.07 Å². The first kappa shape index (κ1) is 8.99. The Balaban J connectivity index is 2.79. The van der Waals surface area contributed by atoms with Crippen molar-refractivity contribution < 1.29 is 10.2 Å². The van der Waals surface area contributed by atoms with Crippen LogP contribution in [0.2, 0.25) is 0 Å². The molecule has 0 saturated heterocycles. The fraction of sp³-hybridized carbons (Fsp3) is 0.250. The third-order valence-electron chi connectivity index (χ3n) is 1.61. The molecule has 0 bridgehead atoms. The number of aliphatic hydroxyl groups is 1. The fourth-order valence-corrected chi connectivity index (χ4v) is 0.991. The van der Waals surface area contributed by atoms with Gasteiger partial charge in [-0.1, -0.05) is 18.2 Å². The van der Waals surface area contributed by atoms with Gasteiger partial charge in [0.25, 0.3) is 0 Å². The topological polar surface area (TPSA) is 78.5 Å². The molecule has 0 radical (unpaired) electrons. The number of hydrazine groups is 1. The van der Waals surface area contributed by atoms with Crippen LogP contribution >= 0.6 is 0 Å². The summed E-state index contributed by atoms with van der Waals surface area (Å²) in [6, 6.07) is 6.61. The van der Waals surface area contributed by atoms with E-state index in [1.807, 2.05) is 0 Å². The molecule has 66 valence electrons. The molecule has 1 unspecified atom stereocenters. The lowest BCUT2D eigenvalue weighted by Crippen LogP contribution is -2.27. The smallest absolute Gasteiger partial charge is 0.121 e. The molecule has 1 aromatic rings. The number of hydrogen-bond acceptors (Lipinski definition) is 4. The van der Waals surface area contributed by atoms with Gasteiger partial charge in [-0.2, -0.15) is 0 Å². The van der Waals surface area contributed by atoms with Crippen molar-refractivity contribution >= 4 is 0 Å². The zero-order valence-corrected chi connectivity index (χ0v) is 6.57. The molecule has 1 atom stereocenters. The van der Waals surface area contributed by atoms with Gasteiger partial charge in [0.15, 0.2) is 0 Å². The molecular formula is C8H12N2O2. The van der Waals surface area contributed by atoms with Crippen LogP contribution in [0.5, 0.6) is 5.75 Å². The maximum atomic E-state index is 9.40. The molecule has 0 aliphatic carbocycles. The van der Waals surface area contributed by atoms with Gasteiger partial charge < -0.3 is 10.2 Å². The summed E-state index contributed by atoms with van der Waals surface area (Å²) in [6.07, 6.45) is -0.767. The van der Waals surface area contributed by atoms with Crippen LogP contribution in [0, 0.1) is 0 Å². The van der Waals surface area contributed by atoms with E-state index in [4.69, 9.17) is 5.84 Å². The minimum absolute atomic E-state index is 0.0836. The van der Waals surface area contributed by atoms with E-state index in [9.17, 15) is 10.2 Å². The fourth-order valence-electron chi connectivity index (χ4n) is 0.991. The van der Waals surface area contributed by atoms with Gasteiger partial charge >= 0.3 is 0 Å². The summed E-state index contributed by atoms with van der Waals surface area (Å²) in [6.45, 7) is 0.220. The molecule has 4 heteroatoms. The first-order valence-electron chi connectivity index (χ1n) is 3.65. The largest absolute Gasteiger partial charge is 0.508 e. The number of phenols is 1. The number of aliphatic hydroxyl groups excluding tert-OH is 1. The van der Waals surface area contributed by atoms with Crippen LogP contribution in [0.25, 0.3) is 0 Å². The van der Waals surface area contributed by atoms with Crippen LogP contribution < -0.4 is 11.3 Å². The molecular weight excluding hydrogens is 156 g/mol. The number of phenolic OH excluding ortho intramolecular Hbond substituents is 1. The van der Waals surface area contributed by atoms with Crippen LogP contribution in [-0.2, 0) is 0 Å². The standard InChI is InChI=1S/C8H12N2O2/c9-10-5-8(12)6-3-1-2-4-7(6)11/h1-4,8,10-12H,5,9H2. The second-order valence-corrected chi connectivity index (χ2v) is 2.48. The second-order valence-electron chi connectivity index (χ2n) is 2.48. The van der Waals surface area contributed by atoms with Gasteiger partial charge in [0.2, 0.25) is 0 Å². The Kier molecular flexibility index (Phi) is 3.04. The number of nitrogens with two attached hydrogens (primary N) is 1.